The third kappa shape index (κ3) is 5.58. The molecule has 10 nitrogen and oxygen atoms in total. The molecule has 176 valence electrons. The van der Waals surface area contributed by atoms with E-state index in [1.54, 1.807) is 30.3 Å². The average Bonchev–Trinajstić information content (AvgIpc) is 3.38. The Labute approximate surface area is 200 Å². The van der Waals surface area contributed by atoms with Gasteiger partial charge in [-0.15, -0.1) is 11.3 Å². The number of aryl methyl sites for hydroxylation is 1. The minimum absolute atomic E-state index is 0.000633. The molecule has 0 fully saturated rings. The lowest BCUT2D eigenvalue weighted by molar-refractivity contribution is 0.348. The third-order valence-electron chi connectivity index (χ3n) is 4.52. The van der Waals surface area contributed by atoms with Gasteiger partial charge >= 0.3 is 0 Å². The van der Waals surface area contributed by atoms with Gasteiger partial charge in [-0.1, -0.05) is 18.2 Å². The molecule has 0 unspecified atom stereocenters. The van der Waals surface area contributed by atoms with Crippen LogP contribution < -0.4 is 18.9 Å². The number of ether oxygens (including phenoxy) is 3. The van der Waals surface area contributed by atoms with Gasteiger partial charge in [0, 0.05) is 17.3 Å². The van der Waals surface area contributed by atoms with Crippen molar-refractivity contribution in [3.8, 4) is 34.8 Å². The van der Waals surface area contributed by atoms with Gasteiger partial charge in [-0.3, -0.25) is 4.72 Å². The first-order valence-electron chi connectivity index (χ1n) is 10.1. The molecule has 1 N–H and O–H groups in total. The van der Waals surface area contributed by atoms with Gasteiger partial charge in [-0.05, 0) is 36.1 Å². The average molecular weight is 500 g/mol. The second kappa shape index (κ2) is 10.4. The maximum Gasteiger partial charge on any atom is 0.263 e. The SMILES string of the molecule is COc1ccccc1Oc1c(NS(=O)(=O)CCc2cccs2)nc(-c2ncccn2)nc1OC. The van der Waals surface area contributed by atoms with E-state index < -0.39 is 10.0 Å². The Morgan fingerprint density at radius 2 is 1.68 bits per heavy atom. The number of anilines is 1. The highest BCUT2D eigenvalue weighted by atomic mass is 32.2. The number of para-hydroxylation sites is 2. The molecule has 0 aliphatic rings. The zero-order valence-electron chi connectivity index (χ0n) is 18.3. The van der Waals surface area contributed by atoms with E-state index in [1.807, 2.05) is 17.5 Å². The summed E-state index contributed by atoms with van der Waals surface area (Å²) in [6.07, 6.45) is 3.41. The number of rotatable bonds is 10. The van der Waals surface area contributed by atoms with Gasteiger partial charge < -0.3 is 14.2 Å². The lowest BCUT2D eigenvalue weighted by atomic mass is 10.3. The second-order valence-electron chi connectivity index (χ2n) is 6.81. The predicted molar refractivity (Wildman–Crippen MR) is 128 cm³/mol. The smallest absolute Gasteiger partial charge is 0.263 e. The molecule has 0 amide bonds. The fourth-order valence-corrected chi connectivity index (χ4v) is 4.81. The van der Waals surface area contributed by atoms with E-state index in [2.05, 4.69) is 24.7 Å². The van der Waals surface area contributed by atoms with E-state index in [1.165, 1.54) is 38.0 Å². The molecule has 0 atom stereocenters. The largest absolute Gasteiger partial charge is 0.493 e. The fourth-order valence-electron chi connectivity index (χ4n) is 2.95. The van der Waals surface area contributed by atoms with Crippen molar-refractivity contribution >= 4 is 27.2 Å². The number of hydrogen-bond donors (Lipinski definition) is 1. The van der Waals surface area contributed by atoms with Crippen molar-refractivity contribution in [1.29, 1.82) is 0 Å². The lowest BCUT2D eigenvalue weighted by Crippen LogP contribution is -2.20. The number of thiophene rings is 1. The van der Waals surface area contributed by atoms with Crippen molar-refractivity contribution in [3.63, 3.8) is 0 Å². The van der Waals surface area contributed by atoms with E-state index in [0.717, 1.165) is 4.88 Å². The maximum absolute atomic E-state index is 13.0. The zero-order valence-corrected chi connectivity index (χ0v) is 20.0. The predicted octanol–water partition coefficient (Wildman–Crippen LogP) is 3.79. The van der Waals surface area contributed by atoms with E-state index in [4.69, 9.17) is 14.2 Å². The van der Waals surface area contributed by atoms with Crippen molar-refractivity contribution in [2.24, 2.45) is 0 Å². The number of methoxy groups -OCH3 is 2. The summed E-state index contributed by atoms with van der Waals surface area (Å²) in [5, 5.41) is 1.90. The third-order valence-corrected chi connectivity index (χ3v) is 6.71. The zero-order chi connectivity index (χ0) is 24.0. The molecule has 4 rings (SSSR count). The molecule has 0 bridgehead atoms. The van der Waals surface area contributed by atoms with Crippen LogP contribution in [0.3, 0.4) is 0 Å². The summed E-state index contributed by atoms with van der Waals surface area (Å²) >= 11 is 1.49. The number of nitrogens with zero attached hydrogens (tertiary/aromatic N) is 4. The standard InChI is InChI=1S/C22H21N5O5S2/c1-30-16-8-3-4-9-17(16)32-18-19(27-34(28,29)14-10-15-7-5-13-33-15)25-21(26-22(18)31-2)20-23-11-6-12-24-20/h3-9,11-13H,10,14H2,1-2H3,(H,25,26,27). The van der Waals surface area contributed by atoms with Crippen LogP contribution in [0.1, 0.15) is 4.88 Å². The van der Waals surface area contributed by atoms with E-state index in [-0.39, 0.29) is 34.8 Å². The molecule has 3 heterocycles. The normalized spacial score (nSPS) is 11.1. The summed E-state index contributed by atoms with van der Waals surface area (Å²) in [6, 6.07) is 12.3. The first-order chi connectivity index (χ1) is 16.5. The Bertz CT molecular complexity index is 1350. The van der Waals surface area contributed by atoms with Crippen LogP contribution in [0.4, 0.5) is 5.82 Å². The molecule has 0 spiro atoms. The second-order valence-corrected chi connectivity index (χ2v) is 9.68. The Hall–Kier alpha value is -3.77. The molecule has 12 heteroatoms. The molecule has 0 saturated heterocycles. The molecule has 1 aromatic carbocycles. The Morgan fingerprint density at radius 3 is 2.35 bits per heavy atom. The van der Waals surface area contributed by atoms with Crippen molar-refractivity contribution in [2.75, 3.05) is 24.7 Å². The van der Waals surface area contributed by atoms with Crippen LogP contribution in [-0.2, 0) is 16.4 Å². The molecule has 3 aromatic heterocycles. The molecule has 0 radical (unpaired) electrons. The minimum Gasteiger partial charge on any atom is -0.493 e. The first-order valence-corrected chi connectivity index (χ1v) is 12.6. The van der Waals surface area contributed by atoms with Crippen molar-refractivity contribution < 1.29 is 22.6 Å². The molecule has 34 heavy (non-hydrogen) atoms. The van der Waals surface area contributed by atoms with E-state index in [9.17, 15) is 8.42 Å². The van der Waals surface area contributed by atoms with Crippen molar-refractivity contribution in [2.45, 2.75) is 6.42 Å². The molecule has 4 aromatic rings. The Balaban J connectivity index is 1.75. The summed E-state index contributed by atoms with van der Waals surface area (Å²) in [6.45, 7) is 0. The van der Waals surface area contributed by atoms with Gasteiger partial charge in [-0.25, -0.2) is 23.4 Å². The van der Waals surface area contributed by atoms with Crippen LogP contribution in [0, 0.1) is 0 Å². The summed E-state index contributed by atoms with van der Waals surface area (Å²) < 4.78 is 45.2. The summed E-state index contributed by atoms with van der Waals surface area (Å²) in [5.41, 5.74) is 0. The number of hydrogen-bond acceptors (Lipinski definition) is 10. The maximum atomic E-state index is 13.0. The van der Waals surface area contributed by atoms with Crippen molar-refractivity contribution in [1.82, 2.24) is 19.9 Å². The van der Waals surface area contributed by atoms with E-state index >= 15 is 0 Å². The molecule has 0 aliphatic heterocycles. The van der Waals surface area contributed by atoms with Crippen LogP contribution in [0.15, 0.2) is 60.2 Å². The van der Waals surface area contributed by atoms with Crippen LogP contribution in [-0.4, -0.2) is 48.3 Å². The quantitative estimate of drug-likeness (QED) is 0.347. The van der Waals surface area contributed by atoms with Gasteiger partial charge in [0.2, 0.25) is 21.6 Å². The topological polar surface area (TPSA) is 125 Å². The highest BCUT2D eigenvalue weighted by molar-refractivity contribution is 7.92. The summed E-state index contributed by atoms with van der Waals surface area (Å²) in [7, 11) is -0.915. The highest BCUT2D eigenvalue weighted by Crippen LogP contribution is 2.40. The number of benzene rings is 1. The molecule has 0 saturated carbocycles. The monoisotopic (exact) mass is 499 g/mol. The van der Waals surface area contributed by atoms with Crippen molar-refractivity contribution in [3.05, 3.63) is 65.1 Å². The first kappa shape index (κ1) is 23.4. The van der Waals surface area contributed by atoms with Gasteiger partial charge in [-0.2, -0.15) is 4.98 Å². The molecular formula is C22H21N5O5S2. The minimum atomic E-state index is -3.81. The Morgan fingerprint density at radius 1 is 0.912 bits per heavy atom. The van der Waals surface area contributed by atoms with Crippen LogP contribution in [0.2, 0.25) is 0 Å². The van der Waals surface area contributed by atoms with Crippen LogP contribution in [0.5, 0.6) is 23.1 Å². The van der Waals surface area contributed by atoms with Gasteiger partial charge in [0.05, 0.1) is 20.0 Å². The van der Waals surface area contributed by atoms with Gasteiger partial charge in [0.25, 0.3) is 5.88 Å². The van der Waals surface area contributed by atoms with Crippen LogP contribution in [0.25, 0.3) is 11.6 Å². The highest BCUT2D eigenvalue weighted by Gasteiger charge is 2.24. The number of sulfonamides is 1. The summed E-state index contributed by atoms with van der Waals surface area (Å²) in [5.74, 6) is 0.758. The fraction of sp³-hybridized carbons (Fsp3) is 0.182. The van der Waals surface area contributed by atoms with Gasteiger partial charge in [0.15, 0.2) is 23.1 Å². The summed E-state index contributed by atoms with van der Waals surface area (Å²) in [4.78, 5) is 17.9. The lowest BCUT2D eigenvalue weighted by Gasteiger charge is -2.17. The van der Waals surface area contributed by atoms with E-state index in [0.29, 0.717) is 17.9 Å². The number of nitrogens with one attached hydrogen (secondary N) is 1. The molecule has 0 aliphatic carbocycles. The van der Waals surface area contributed by atoms with Crippen LogP contribution >= 0.6 is 11.3 Å². The van der Waals surface area contributed by atoms with Gasteiger partial charge in [0.1, 0.15) is 0 Å². The Kier molecular flexibility index (Phi) is 7.18. The molecular weight excluding hydrogens is 478 g/mol. The number of aromatic nitrogens is 4.